The van der Waals surface area contributed by atoms with Crippen LogP contribution in [0, 0.1) is 11.3 Å². The highest BCUT2D eigenvalue weighted by molar-refractivity contribution is 7.91. The van der Waals surface area contributed by atoms with Crippen LogP contribution >= 0.6 is 11.3 Å². The summed E-state index contributed by atoms with van der Waals surface area (Å²) in [5.74, 6) is 0. The van der Waals surface area contributed by atoms with Crippen molar-refractivity contribution in [3.05, 3.63) is 17.0 Å². The molecule has 0 atom stereocenters. The van der Waals surface area contributed by atoms with Gasteiger partial charge in [0.25, 0.3) is 10.0 Å². The van der Waals surface area contributed by atoms with E-state index in [-0.39, 0.29) is 13.4 Å². The quantitative estimate of drug-likeness (QED) is 0.884. The molecular formula is C9H9F3N2O3S2. The van der Waals surface area contributed by atoms with Crippen LogP contribution in [0.15, 0.2) is 16.3 Å². The molecule has 0 fully saturated rings. The van der Waals surface area contributed by atoms with E-state index in [4.69, 9.17) is 10.4 Å². The Kier molecular flexibility index (Phi) is 4.92. The number of hydrogen-bond acceptors (Lipinski definition) is 5. The minimum Gasteiger partial charge on any atom is -0.395 e. The molecule has 0 aromatic carbocycles. The Morgan fingerprint density at radius 3 is 2.47 bits per heavy atom. The lowest BCUT2D eigenvalue weighted by atomic mass is 10.5. The van der Waals surface area contributed by atoms with Crippen LogP contribution in [0.2, 0.25) is 0 Å². The summed E-state index contributed by atoms with van der Waals surface area (Å²) < 4.78 is 60.6. The molecule has 0 saturated heterocycles. The van der Waals surface area contributed by atoms with Crippen molar-refractivity contribution in [2.75, 3.05) is 19.7 Å². The second-order valence-corrected chi connectivity index (χ2v) is 6.66. The average molecular weight is 314 g/mol. The highest BCUT2D eigenvalue weighted by atomic mass is 32.2. The molecule has 0 aliphatic heterocycles. The average Bonchev–Trinajstić information content (AvgIpc) is 2.75. The Labute approximate surface area is 111 Å². The van der Waals surface area contributed by atoms with E-state index in [1.165, 1.54) is 6.07 Å². The van der Waals surface area contributed by atoms with Crippen LogP contribution in [0.25, 0.3) is 0 Å². The lowest BCUT2D eigenvalue weighted by molar-refractivity contribution is -0.136. The van der Waals surface area contributed by atoms with Gasteiger partial charge in [0.2, 0.25) is 0 Å². The number of aliphatic hydroxyl groups excluding tert-OH is 1. The molecule has 1 aromatic rings. The van der Waals surface area contributed by atoms with Crippen molar-refractivity contribution < 1.29 is 26.7 Å². The minimum absolute atomic E-state index is 0.0783. The fourth-order valence-corrected chi connectivity index (χ4v) is 3.92. The number of thiophene rings is 1. The highest BCUT2D eigenvalue weighted by Crippen LogP contribution is 2.27. The molecule has 0 aliphatic carbocycles. The van der Waals surface area contributed by atoms with Crippen LogP contribution in [-0.4, -0.2) is 43.7 Å². The Morgan fingerprint density at radius 2 is 2.05 bits per heavy atom. The van der Waals surface area contributed by atoms with E-state index in [9.17, 15) is 21.6 Å². The molecule has 5 nitrogen and oxygen atoms in total. The molecule has 1 N–H and O–H groups in total. The molecule has 0 saturated carbocycles. The van der Waals surface area contributed by atoms with Gasteiger partial charge in [0.05, 0.1) is 6.61 Å². The van der Waals surface area contributed by atoms with Crippen molar-refractivity contribution in [3.8, 4) is 6.07 Å². The number of sulfonamides is 1. The Morgan fingerprint density at radius 1 is 1.42 bits per heavy atom. The first-order valence-electron chi connectivity index (χ1n) is 4.88. The van der Waals surface area contributed by atoms with Crippen LogP contribution < -0.4 is 0 Å². The van der Waals surface area contributed by atoms with Gasteiger partial charge in [0.1, 0.15) is 21.7 Å². The van der Waals surface area contributed by atoms with Crippen LogP contribution in [0.3, 0.4) is 0 Å². The van der Waals surface area contributed by atoms with Crippen LogP contribution in [-0.2, 0) is 10.0 Å². The highest BCUT2D eigenvalue weighted by Gasteiger charge is 2.37. The van der Waals surface area contributed by atoms with Gasteiger partial charge >= 0.3 is 6.18 Å². The number of halogens is 3. The molecule has 1 aromatic heterocycles. The van der Waals surface area contributed by atoms with E-state index < -0.39 is 35.9 Å². The van der Waals surface area contributed by atoms with Gasteiger partial charge in [-0.3, -0.25) is 0 Å². The van der Waals surface area contributed by atoms with Gasteiger partial charge in [-0.15, -0.1) is 11.3 Å². The Bertz CT molecular complexity index is 574. The summed E-state index contributed by atoms with van der Waals surface area (Å²) in [6.45, 7) is -3.08. The molecule has 0 radical (unpaired) electrons. The number of nitrogens with zero attached hydrogens (tertiary/aromatic N) is 2. The molecule has 10 heteroatoms. The standard InChI is InChI=1S/C9H9F3N2O3S2/c10-9(11,12)6-14(3-4-15)19(16,17)8-2-1-7(5-13)18-8/h1-2,15H,3-4,6H2. The van der Waals surface area contributed by atoms with Crippen molar-refractivity contribution in [1.82, 2.24) is 4.31 Å². The van der Waals surface area contributed by atoms with Crippen molar-refractivity contribution in [1.29, 1.82) is 5.26 Å². The van der Waals surface area contributed by atoms with Crippen molar-refractivity contribution in [2.45, 2.75) is 10.4 Å². The number of alkyl halides is 3. The maximum atomic E-state index is 12.3. The summed E-state index contributed by atoms with van der Waals surface area (Å²) in [5.41, 5.74) is 0. The summed E-state index contributed by atoms with van der Waals surface area (Å²) in [4.78, 5) is 0.0783. The molecule has 0 amide bonds. The van der Waals surface area contributed by atoms with E-state index in [0.29, 0.717) is 11.3 Å². The zero-order valence-corrected chi connectivity index (χ0v) is 11.0. The van der Waals surface area contributed by atoms with Gasteiger partial charge in [-0.2, -0.15) is 22.7 Å². The van der Waals surface area contributed by atoms with Gasteiger partial charge in [-0.05, 0) is 12.1 Å². The first-order chi connectivity index (χ1) is 8.70. The maximum absolute atomic E-state index is 12.3. The van der Waals surface area contributed by atoms with Crippen LogP contribution in [0.5, 0.6) is 0 Å². The Balaban J connectivity index is 3.09. The van der Waals surface area contributed by atoms with Crippen molar-refractivity contribution in [2.24, 2.45) is 0 Å². The second kappa shape index (κ2) is 5.87. The predicted octanol–water partition coefficient (Wildman–Crippen LogP) is 1.17. The van der Waals surface area contributed by atoms with Crippen molar-refractivity contribution >= 4 is 21.4 Å². The zero-order chi connectivity index (χ0) is 14.7. The molecule has 0 unspecified atom stereocenters. The van der Waals surface area contributed by atoms with Gasteiger partial charge in [-0.25, -0.2) is 8.42 Å². The summed E-state index contributed by atoms with van der Waals surface area (Å²) >= 11 is 0.580. The van der Waals surface area contributed by atoms with Gasteiger partial charge in [-0.1, -0.05) is 0 Å². The molecule has 0 bridgehead atoms. The van der Waals surface area contributed by atoms with E-state index in [2.05, 4.69) is 0 Å². The van der Waals surface area contributed by atoms with Gasteiger partial charge in [0, 0.05) is 6.54 Å². The number of nitriles is 1. The molecule has 1 heterocycles. The van der Waals surface area contributed by atoms with Gasteiger partial charge in [0.15, 0.2) is 0 Å². The third-order valence-corrected chi connectivity index (χ3v) is 5.29. The van der Waals surface area contributed by atoms with Crippen molar-refractivity contribution in [3.63, 3.8) is 0 Å². The lowest BCUT2D eigenvalue weighted by Crippen LogP contribution is -2.40. The van der Waals surface area contributed by atoms with Crippen LogP contribution in [0.1, 0.15) is 4.88 Å². The zero-order valence-electron chi connectivity index (χ0n) is 9.38. The summed E-state index contributed by atoms with van der Waals surface area (Å²) in [6, 6.07) is 3.98. The van der Waals surface area contributed by atoms with E-state index in [1.807, 2.05) is 0 Å². The number of hydrogen-bond donors (Lipinski definition) is 1. The van der Waals surface area contributed by atoms with E-state index in [1.54, 1.807) is 6.07 Å². The molecule has 0 aliphatic rings. The predicted molar refractivity (Wildman–Crippen MR) is 60.9 cm³/mol. The Hall–Kier alpha value is -1.15. The molecule has 19 heavy (non-hydrogen) atoms. The monoisotopic (exact) mass is 314 g/mol. The smallest absolute Gasteiger partial charge is 0.395 e. The summed E-state index contributed by atoms with van der Waals surface area (Å²) in [7, 11) is -4.36. The molecule has 0 spiro atoms. The molecule has 106 valence electrons. The second-order valence-electron chi connectivity index (χ2n) is 3.41. The topological polar surface area (TPSA) is 81.4 Å². The SMILES string of the molecule is N#Cc1ccc(S(=O)(=O)N(CCO)CC(F)(F)F)s1. The number of rotatable bonds is 5. The fraction of sp³-hybridized carbons (Fsp3) is 0.444. The third kappa shape index (κ3) is 4.17. The fourth-order valence-electron chi connectivity index (χ4n) is 1.24. The molecular weight excluding hydrogens is 305 g/mol. The third-order valence-electron chi connectivity index (χ3n) is 1.99. The lowest BCUT2D eigenvalue weighted by Gasteiger charge is -2.21. The number of aliphatic hydroxyl groups is 1. The summed E-state index contributed by atoms with van der Waals surface area (Å²) in [5, 5.41) is 17.2. The minimum atomic E-state index is -4.71. The summed E-state index contributed by atoms with van der Waals surface area (Å²) in [6.07, 6.45) is -4.71. The first-order valence-corrected chi connectivity index (χ1v) is 7.14. The van der Waals surface area contributed by atoms with Crippen LogP contribution in [0.4, 0.5) is 13.2 Å². The molecule has 1 rings (SSSR count). The largest absolute Gasteiger partial charge is 0.402 e. The van der Waals surface area contributed by atoms with E-state index in [0.717, 1.165) is 6.07 Å². The first kappa shape index (κ1) is 15.9. The van der Waals surface area contributed by atoms with E-state index >= 15 is 0 Å². The van der Waals surface area contributed by atoms with Gasteiger partial charge < -0.3 is 5.11 Å². The maximum Gasteiger partial charge on any atom is 0.402 e. The normalized spacial score (nSPS) is 12.6.